The number of ether oxygens (including phenoxy) is 2. The highest BCUT2D eigenvalue weighted by molar-refractivity contribution is 8.84. The zero-order valence-corrected chi connectivity index (χ0v) is 21.5. The summed E-state index contributed by atoms with van der Waals surface area (Å²) in [7, 11) is 6.98. The maximum atomic E-state index is 5.60. The summed E-state index contributed by atoms with van der Waals surface area (Å²) < 4.78 is 12.4. The number of thiocarbonyl (C=S) groups is 2. The molecule has 4 atom stereocenters. The summed E-state index contributed by atoms with van der Waals surface area (Å²) in [6, 6.07) is 0. The van der Waals surface area contributed by atoms with Crippen LogP contribution in [-0.2, 0) is 9.47 Å². The van der Waals surface area contributed by atoms with Gasteiger partial charge in [0.25, 0.3) is 0 Å². The molecular weight excluding hydrogens is 441 g/mol. The van der Waals surface area contributed by atoms with Crippen LogP contribution in [0.15, 0.2) is 0 Å². The SMILES string of the molecule is CC(C)OC(=S)SSCC(C)C1CCC(C)C(SSC(=S)OC(C)C)C1. The Labute approximate surface area is 186 Å². The van der Waals surface area contributed by atoms with Crippen LogP contribution in [0.4, 0.5) is 0 Å². The molecule has 1 aliphatic carbocycles. The van der Waals surface area contributed by atoms with Crippen molar-refractivity contribution in [3.8, 4) is 0 Å². The van der Waals surface area contributed by atoms with E-state index in [0.29, 0.717) is 19.9 Å². The van der Waals surface area contributed by atoms with Gasteiger partial charge in [0.15, 0.2) is 0 Å². The summed E-state index contributed by atoms with van der Waals surface area (Å²) in [5, 5.41) is 0.651. The molecule has 1 aliphatic rings. The highest BCUT2D eigenvalue weighted by Crippen LogP contribution is 2.45. The minimum Gasteiger partial charge on any atom is -0.475 e. The van der Waals surface area contributed by atoms with Gasteiger partial charge in [0.2, 0.25) is 8.77 Å². The lowest BCUT2D eigenvalue weighted by molar-refractivity contribution is 0.243. The molecule has 0 aromatic rings. The minimum absolute atomic E-state index is 0.160. The molecule has 0 aromatic heterocycles. The van der Waals surface area contributed by atoms with E-state index < -0.39 is 0 Å². The van der Waals surface area contributed by atoms with Crippen LogP contribution in [0.5, 0.6) is 0 Å². The maximum Gasteiger partial charge on any atom is 0.231 e. The normalized spacial score (nSPS) is 24.5. The molecule has 1 rings (SSSR count). The average Bonchev–Trinajstić information content (AvgIpc) is 2.52. The second kappa shape index (κ2) is 13.4. The van der Waals surface area contributed by atoms with Gasteiger partial charge in [-0.15, -0.1) is 0 Å². The van der Waals surface area contributed by atoms with Crippen molar-refractivity contribution in [1.29, 1.82) is 0 Å². The van der Waals surface area contributed by atoms with Crippen molar-refractivity contribution in [3.63, 3.8) is 0 Å². The molecule has 0 amide bonds. The van der Waals surface area contributed by atoms with Gasteiger partial charge in [-0.3, -0.25) is 0 Å². The van der Waals surface area contributed by atoms with E-state index in [0.717, 1.165) is 17.6 Å². The number of hydrogen-bond acceptors (Lipinski definition) is 8. The molecule has 152 valence electrons. The van der Waals surface area contributed by atoms with Gasteiger partial charge in [-0.05, 0) is 111 Å². The molecule has 0 radical (unpaired) electrons. The Balaban J connectivity index is 2.36. The quantitative estimate of drug-likeness (QED) is 0.262. The van der Waals surface area contributed by atoms with Crippen LogP contribution in [0.1, 0.15) is 60.8 Å². The van der Waals surface area contributed by atoms with Gasteiger partial charge in [-0.2, -0.15) is 0 Å². The van der Waals surface area contributed by atoms with E-state index in [1.807, 2.05) is 49.3 Å². The van der Waals surface area contributed by atoms with Crippen LogP contribution in [0.2, 0.25) is 0 Å². The minimum atomic E-state index is 0.160. The molecule has 0 spiro atoms. The summed E-state index contributed by atoms with van der Waals surface area (Å²) in [5.74, 6) is 3.32. The lowest BCUT2D eigenvalue weighted by Gasteiger charge is -2.36. The summed E-state index contributed by atoms with van der Waals surface area (Å²) >= 11 is 10.6. The van der Waals surface area contributed by atoms with Gasteiger partial charge in [0.05, 0.1) is 12.2 Å². The summed E-state index contributed by atoms with van der Waals surface area (Å²) in [4.78, 5) is 0. The lowest BCUT2D eigenvalue weighted by atomic mass is 9.77. The van der Waals surface area contributed by atoms with E-state index in [-0.39, 0.29) is 12.2 Å². The van der Waals surface area contributed by atoms with E-state index in [1.165, 1.54) is 19.3 Å². The van der Waals surface area contributed by atoms with Crippen LogP contribution in [0.25, 0.3) is 0 Å². The van der Waals surface area contributed by atoms with Gasteiger partial charge in [0.1, 0.15) is 0 Å². The van der Waals surface area contributed by atoms with Gasteiger partial charge >= 0.3 is 0 Å². The average molecular weight is 473 g/mol. The van der Waals surface area contributed by atoms with E-state index in [9.17, 15) is 0 Å². The fourth-order valence-corrected chi connectivity index (χ4v) is 8.74. The van der Waals surface area contributed by atoms with E-state index in [2.05, 4.69) is 13.8 Å². The Morgan fingerprint density at radius 2 is 1.54 bits per heavy atom. The first-order valence-electron chi connectivity index (χ1n) is 9.23. The Kier molecular flexibility index (Phi) is 13.0. The predicted molar refractivity (Wildman–Crippen MR) is 132 cm³/mol. The van der Waals surface area contributed by atoms with E-state index in [1.54, 1.807) is 21.6 Å². The third-order valence-electron chi connectivity index (χ3n) is 4.33. The van der Waals surface area contributed by atoms with Gasteiger partial charge < -0.3 is 9.47 Å². The van der Waals surface area contributed by atoms with Gasteiger partial charge in [0, 0.05) is 11.0 Å². The van der Waals surface area contributed by atoms with Crippen molar-refractivity contribution >= 4 is 76.4 Å². The molecule has 0 heterocycles. The Morgan fingerprint density at radius 1 is 0.962 bits per heavy atom. The second-order valence-electron chi connectivity index (χ2n) is 7.45. The summed E-state index contributed by atoms with van der Waals surface area (Å²) in [6.45, 7) is 12.8. The number of hydrogen-bond donors (Lipinski definition) is 0. The molecule has 8 heteroatoms. The molecular formula is C18H32O2S6. The molecule has 4 unspecified atom stereocenters. The standard InChI is InChI=1S/C18H32O2S6/c1-11(2)19-17(21)25-23-10-14(6)15-8-7-13(5)16(9-15)24-26-18(22)20-12(3)4/h11-16H,7-10H2,1-6H3. The van der Waals surface area contributed by atoms with Gasteiger partial charge in [-0.25, -0.2) is 0 Å². The van der Waals surface area contributed by atoms with Crippen molar-refractivity contribution in [1.82, 2.24) is 0 Å². The molecule has 0 N–H and O–H groups in total. The molecule has 26 heavy (non-hydrogen) atoms. The Bertz CT molecular complexity index is 443. The molecule has 1 fully saturated rings. The fourth-order valence-electron chi connectivity index (χ4n) is 2.81. The van der Waals surface area contributed by atoms with Crippen LogP contribution in [0, 0.1) is 17.8 Å². The highest BCUT2D eigenvalue weighted by Gasteiger charge is 2.31. The molecule has 0 bridgehead atoms. The molecule has 0 aromatic carbocycles. The summed E-state index contributed by atoms with van der Waals surface area (Å²) in [5.41, 5.74) is 0. The topological polar surface area (TPSA) is 18.5 Å². The van der Waals surface area contributed by atoms with Crippen LogP contribution >= 0.6 is 67.6 Å². The predicted octanol–water partition coefficient (Wildman–Crippen LogP) is 7.61. The number of rotatable bonds is 8. The third kappa shape index (κ3) is 10.6. The smallest absolute Gasteiger partial charge is 0.231 e. The van der Waals surface area contributed by atoms with Crippen molar-refractivity contribution in [2.45, 2.75) is 78.3 Å². The summed E-state index contributed by atoms with van der Waals surface area (Å²) in [6.07, 6.45) is 4.22. The first kappa shape index (κ1) is 25.2. The Hall–Kier alpha value is 1.18. The van der Waals surface area contributed by atoms with Crippen molar-refractivity contribution < 1.29 is 9.47 Å². The maximum absolute atomic E-state index is 5.60. The van der Waals surface area contributed by atoms with E-state index >= 15 is 0 Å². The second-order valence-corrected chi connectivity index (χ2v) is 13.4. The lowest BCUT2D eigenvalue weighted by Crippen LogP contribution is -2.29. The van der Waals surface area contributed by atoms with Crippen LogP contribution in [0.3, 0.4) is 0 Å². The van der Waals surface area contributed by atoms with E-state index in [4.69, 9.17) is 33.9 Å². The van der Waals surface area contributed by atoms with Crippen molar-refractivity contribution in [3.05, 3.63) is 0 Å². The highest BCUT2D eigenvalue weighted by atomic mass is 33.1. The van der Waals surface area contributed by atoms with Crippen molar-refractivity contribution in [2.75, 3.05) is 5.75 Å². The monoisotopic (exact) mass is 472 g/mol. The zero-order valence-electron chi connectivity index (χ0n) is 16.6. The van der Waals surface area contributed by atoms with Crippen LogP contribution < -0.4 is 0 Å². The largest absolute Gasteiger partial charge is 0.475 e. The van der Waals surface area contributed by atoms with Crippen LogP contribution in [-0.4, -0.2) is 32.0 Å². The first-order valence-corrected chi connectivity index (χ1v) is 14.6. The molecule has 0 aliphatic heterocycles. The van der Waals surface area contributed by atoms with Crippen molar-refractivity contribution in [2.24, 2.45) is 17.8 Å². The molecule has 1 saturated carbocycles. The molecule has 2 nitrogen and oxygen atoms in total. The van der Waals surface area contributed by atoms with Gasteiger partial charge in [-0.1, -0.05) is 35.4 Å². The fraction of sp³-hybridized carbons (Fsp3) is 0.889. The third-order valence-corrected chi connectivity index (χ3v) is 10.6. The first-order chi connectivity index (χ1) is 12.2. The zero-order chi connectivity index (χ0) is 19.7. The molecule has 0 saturated heterocycles. The Morgan fingerprint density at radius 3 is 2.12 bits per heavy atom.